The molecule has 0 bridgehead atoms. The van der Waals surface area contributed by atoms with Gasteiger partial charge in [-0.25, -0.2) is 9.13 Å². The van der Waals surface area contributed by atoms with E-state index in [0.29, 0.717) is 25.7 Å². The molecular weight excluding hydrogens is 1400 g/mol. The number of phosphoric acid groups is 2. The van der Waals surface area contributed by atoms with Crippen LogP contribution in [0, 0.1) is 0 Å². The predicted octanol–water partition coefficient (Wildman–Crippen LogP) is 25.2. The molecule has 19 heteroatoms. The highest BCUT2D eigenvalue weighted by atomic mass is 31.2. The summed E-state index contributed by atoms with van der Waals surface area (Å²) in [4.78, 5) is 73.2. The van der Waals surface area contributed by atoms with Crippen LogP contribution in [0.3, 0.4) is 0 Å². The largest absolute Gasteiger partial charge is 0.472 e. The normalized spacial score (nSPS) is 14.5. The molecule has 0 aliphatic heterocycles. The summed E-state index contributed by atoms with van der Waals surface area (Å²) in [5.41, 5.74) is 0. The lowest BCUT2D eigenvalue weighted by Crippen LogP contribution is -2.30. The number of carbonyl (C=O) groups excluding carboxylic acids is 4. The molecule has 0 fully saturated rings. The number of aliphatic hydroxyl groups excluding tert-OH is 1. The van der Waals surface area contributed by atoms with Crippen molar-refractivity contribution in [3.63, 3.8) is 0 Å². The summed E-state index contributed by atoms with van der Waals surface area (Å²) >= 11 is 0. The van der Waals surface area contributed by atoms with Gasteiger partial charge in [-0.05, 0) is 141 Å². The minimum atomic E-state index is -5.00. The van der Waals surface area contributed by atoms with E-state index in [9.17, 15) is 43.2 Å². The Hall–Kier alpha value is -4.80. The molecular formula is C89H152O17P2. The van der Waals surface area contributed by atoms with Crippen molar-refractivity contribution >= 4 is 39.5 Å². The second-order valence-corrected chi connectivity index (χ2v) is 30.9. The van der Waals surface area contributed by atoms with Crippen molar-refractivity contribution in [2.75, 3.05) is 39.6 Å². The number of aliphatic hydroxyl groups is 1. The monoisotopic (exact) mass is 1560 g/mol. The predicted molar refractivity (Wildman–Crippen MR) is 445 cm³/mol. The molecule has 0 saturated heterocycles. The molecule has 0 aromatic carbocycles. The SMILES string of the molecule is CC/C=C\C/C=C\C/C=C\C/C=C\C/C=C\CCCCCC(=O)OCC(COP(=O)(O)OCC(O)COP(=O)(O)OCC(COC(=O)CCCCCCC/C=C\C/C=C\C/C=C\CC)OC(=O)CCCCCCCCCCCCCCCCC)OC(=O)CCCCCCCC/C=C\C/C=C\C/C=C\CCCCC. The Bertz CT molecular complexity index is 2560. The summed E-state index contributed by atoms with van der Waals surface area (Å²) in [6.45, 7) is 4.60. The Balaban J connectivity index is 5.43. The molecule has 0 heterocycles. The first-order valence-corrected chi connectivity index (χ1v) is 45.4. The fourth-order valence-electron chi connectivity index (χ4n) is 11.2. The van der Waals surface area contributed by atoms with Gasteiger partial charge in [0.15, 0.2) is 12.2 Å². The van der Waals surface area contributed by atoms with Crippen LogP contribution >= 0.6 is 15.6 Å². The molecule has 0 aliphatic rings. The number of ether oxygens (including phenoxy) is 4. The van der Waals surface area contributed by atoms with Crippen molar-refractivity contribution in [2.45, 2.75) is 367 Å². The third-order valence-corrected chi connectivity index (χ3v) is 19.5. The Kier molecular flexibility index (Phi) is 76.7. The molecule has 0 spiro atoms. The lowest BCUT2D eigenvalue weighted by atomic mass is 10.0. The van der Waals surface area contributed by atoms with Crippen molar-refractivity contribution in [2.24, 2.45) is 0 Å². The second-order valence-electron chi connectivity index (χ2n) is 28.0. The van der Waals surface area contributed by atoms with Crippen LogP contribution in [0.2, 0.25) is 0 Å². The van der Waals surface area contributed by atoms with Gasteiger partial charge < -0.3 is 33.8 Å². The van der Waals surface area contributed by atoms with Crippen LogP contribution in [0.4, 0.5) is 0 Å². The Morgan fingerprint density at radius 1 is 0.269 bits per heavy atom. The first-order chi connectivity index (χ1) is 52.7. The molecule has 0 radical (unpaired) electrons. The van der Waals surface area contributed by atoms with E-state index in [-0.39, 0.29) is 25.7 Å². The van der Waals surface area contributed by atoms with Gasteiger partial charge in [-0.3, -0.25) is 37.3 Å². The number of unbranched alkanes of at least 4 members (excludes halogenated alkanes) is 31. The van der Waals surface area contributed by atoms with Crippen LogP contribution in [-0.2, 0) is 65.4 Å². The third-order valence-electron chi connectivity index (χ3n) is 17.6. The maximum Gasteiger partial charge on any atom is 0.472 e. The highest BCUT2D eigenvalue weighted by Gasteiger charge is 2.30. The van der Waals surface area contributed by atoms with Crippen molar-refractivity contribution in [1.82, 2.24) is 0 Å². The lowest BCUT2D eigenvalue weighted by molar-refractivity contribution is -0.161. The van der Waals surface area contributed by atoms with E-state index in [1.54, 1.807) is 0 Å². The van der Waals surface area contributed by atoms with Crippen molar-refractivity contribution in [3.8, 4) is 0 Å². The number of hydrogen-bond donors (Lipinski definition) is 3. The smallest absolute Gasteiger partial charge is 0.462 e. The number of carbonyl (C=O) groups is 4. The van der Waals surface area contributed by atoms with Gasteiger partial charge in [0.25, 0.3) is 0 Å². The van der Waals surface area contributed by atoms with E-state index in [2.05, 4.69) is 161 Å². The quantitative estimate of drug-likeness (QED) is 0.0169. The van der Waals surface area contributed by atoms with Crippen LogP contribution in [0.1, 0.15) is 349 Å². The van der Waals surface area contributed by atoms with Crippen molar-refractivity contribution in [1.29, 1.82) is 0 Å². The molecule has 620 valence electrons. The Labute approximate surface area is 656 Å². The van der Waals surface area contributed by atoms with Gasteiger partial charge in [0.1, 0.15) is 19.3 Å². The molecule has 0 aromatic rings. The van der Waals surface area contributed by atoms with Crippen molar-refractivity contribution in [3.05, 3.63) is 134 Å². The number of rotatable bonds is 79. The molecule has 5 unspecified atom stereocenters. The highest BCUT2D eigenvalue weighted by Crippen LogP contribution is 2.45. The first-order valence-electron chi connectivity index (χ1n) is 42.4. The molecule has 0 aliphatic carbocycles. The molecule has 17 nitrogen and oxygen atoms in total. The average molecular weight is 1560 g/mol. The molecule has 3 N–H and O–H groups in total. The maximum atomic E-state index is 13.1. The minimum Gasteiger partial charge on any atom is -0.462 e. The van der Waals surface area contributed by atoms with Crippen LogP contribution < -0.4 is 0 Å². The Morgan fingerprint density at radius 3 is 0.769 bits per heavy atom. The van der Waals surface area contributed by atoms with Crippen molar-refractivity contribution < 1.29 is 80.2 Å². The maximum absolute atomic E-state index is 13.1. The molecule has 0 rings (SSSR count). The fourth-order valence-corrected chi connectivity index (χ4v) is 12.8. The van der Waals surface area contributed by atoms with Crippen LogP contribution in [0.5, 0.6) is 0 Å². The minimum absolute atomic E-state index is 0.0697. The van der Waals surface area contributed by atoms with Crippen LogP contribution in [0.15, 0.2) is 134 Å². The lowest BCUT2D eigenvalue weighted by Gasteiger charge is -2.21. The third kappa shape index (κ3) is 79.3. The average Bonchev–Trinajstić information content (AvgIpc) is 0.896. The van der Waals surface area contributed by atoms with E-state index < -0.39 is 97.5 Å². The van der Waals surface area contributed by atoms with Gasteiger partial charge in [0.05, 0.1) is 26.4 Å². The number of esters is 4. The number of hydrogen-bond acceptors (Lipinski definition) is 15. The molecule has 0 amide bonds. The van der Waals surface area contributed by atoms with E-state index in [1.165, 1.54) is 83.5 Å². The van der Waals surface area contributed by atoms with Gasteiger partial charge in [0, 0.05) is 25.7 Å². The van der Waals surface area contributed by atoms with Gasteiger partial charge >= 0.3 is 39.5 Å². The molecule has 0 aromatic heterocycles. The summed E-state index contributed by atoms with van der Waals surface area (Å²) < 4.78 is 68.8. The first kappa shape index (κ1) is 103. The number of phosphoric ester groups is 2. The summed E-state index contributed by atoms with van der Waals surface area (Å²) in [6.07, 6.45) is 91.2. The summed E-state index contributed by atoms with van der Waals surface area (Å²) in [6, 6.07) is 0. The fraction of sp³-hybridized carbons (Fsp3) is 0.708. The standard InChI is InChI=1S/C89H152O17P2/c1-5-9-13-17-21-25-29-33-37-39-41-43-47-50-54-58-62-66-70-74-87(92)100-80-85(106-89(94)76-72-68-64-60-56-52-48-44-42-40-38-34-30-26-22-18-14-10-6-2)82-104-108(97,98)102-78-83(90)77-101-107(95,96)103-81-84(105-88(93)75-71-67-63-59-55-51-46-36-32-28-24-20-16-12-8-4)79-99-86(91)73-69-65-61-57-53-49-45-35-31-27-23-19-15-11-7-3/h9,11,13,15,21-23,25-27,33-35,37-38,41-45,50,54,83-85,90H,5-8,10,12,14,16-20,24,28-32,36,39-40,46-49,51-53,55-82H2,1-4H3,(H,95,96)(H,97,98)/b13-9-,15-11-,25-21-,26-22-,27-23-,37-33-,38-34-,43-41-,44-42-,45-35-,54-50-. The van der Waals surface area contributed by atoms with Crippen LogP contribution in [0.25, 0.3) is 0 Å². The van der Waals surface area contributed by atoms with Crippen LogP contribution in [-0.4, -0.2) is 96.7 Å². The number of allylic oxidation sites excluding steroid dienone is 22. The van der Waals surface area contributed by atoms with Gasteiger partial charge in [-0.15, -0.1) is 0 Å². The summed E-state index contributed by atoms with van der Waals surface area (Å²) in [5, 5.41) is 10.7. The van der Waals surface area contributed by atoms with E-state index in [4.69, 9.17) is 37.0 Å². The molecule has 0 saturated carbocycles. The molecule has 108 heavy (non-hydrogen) atoms. The highest BCUT2D eigenvalue weighted by molar-refractivity contribution is 7.47. The topological polar surface area (TPSA) is 237 Å². The van der Waals surface area contributed by atoms with E-state index >= 15 is 0 Å². The second kappa shape index (κ2) is 80.3. The summed E-state index contributed by atoms with van der Waals surface area (Å²) in [7, 11) is -9.98. The van der Waals surface area contributed by atoms with Gasteiger partial charge in [-0.1, -0.05) is 315 Å². The van der Waals surface area contributed by atoms with Gasteiger partial charge in [0.2, 0.25) is 0 Å². The van der Waals surface area contributed by atoms with E-state index in [1.807, 2.05) is 0 Å². The zero-order chi connectivity index (χ0) is 78.9. The Morgan fingerprint density at radius 2 is 0.481 bits per heavy atom. The zero-order valence-corrected chi connectivity index (χ0v) is 69.8. The van der Waals surface area contributed by atoms with E-state index in [0.717, 1.165) is 186 Å². The van der Waals surface area contributed by atoms with Gasteiger partial charge in [-0.2, -0.15) is 0 Å². The zero-order valence-electron chi connectivity index (χ0n) is 68.0. The molecule has 5 atom stereocenters. The summed E-state index contributed by atoms with van der Waals surface area (Å²) in [5.74, 6) is -2.23.